The van der Waals surface area contributed by atoms with Crippen LogP contribution in [-0.2, 0) is 37.4 Å². The number of ether oxygens (including phenoxy) is 2. The quantitative estimate of drug-likeness (QED) is 0.652. The Hall–Kier alpha value is -1.97. The number of hydrogen-bond acceptors (Lipinski definition) is 6. The van der Waals surface area contributed by atoms with Crippen molar-refractivity contribution in [2.75, 3.05) is 26.3 Å². The van der Waals surface area contributed by atoms with Gasteiger partial charge in [0.2, 0.25) is 10.0 Å². The van der Waals surface area contributed by atoms with Crippen molar-refractivity contribution < 1.29 is 22.7 Å². The Kier molecular flexibility index (Phi) is 5.39. The first-order valence-electron chi connectivity index (χ1n) is 9.74. The Morgan fingerprint density at radius 1 is 1.29 bits per heavy atom. The van der Waals surface area contributed by atoms with Crippen molar-refractivity contribution in [1.82, 2.24) is 13.9 Å². The number of benzene rings is 1. The van der Waals surface area contributed by atoms with Crippen LogP contribution in [0, 0.1) is 5.92 Å². The highest BCUT2D eigenvalue weighted by Crippen LogP contribution is 2.30. The first kappa shape index (κ1) is 19.4. The standard InChI is InChI=1S/C19H25N3O5S/c1-2-7-22-17-6-5-15(28(24,25)21-8-10-26-11-9-21)12-16(17)20-18(22)13-27-19(23)14-3-4-14/h5-6,12,14H,2-4,7-11,13H2,1H3. The van der Waals surface area contributed by atoms with Gasteiger partial charge in [0.05, 0.1) is 35.1 Å². The van der Waals surface area contributed by atoms with E-state index in [0.717, 1.165) is 31.3 Å². The number of carbonyl (C=O) groups excluding carboxylic acids is 1. The molecule has 1 aromatic heterocycles. The summed E-state index contributed by atoms with van der Waals surface area (Å²) in [6, 6.07) is 5.02. The van der Waals surface area contributed by atoms with Gasteiger partial charge in [0.1, 0.15) is 12.4 Å². The van der Waals surface area contributed by atoms with E-state index in [0.29, 0.717) is 37.6 Å². The molecule has 2 aliphatic rings. The molecule has 4 rings (SSSR count). The van der Waals surface area contributed by atoms with E-state index in [2.05, 4.69) is 11.9 Å². The van der Waals surface area contributed by atoms with Crippen LogP contribution < -0.4 is 0 Å². The van der Waals surface area contributed by atoms with Gasteiger partial charge < -0.3 is 14.0 Å². The van der Waals surface area contributed by atoms with E-state index in [4.69, 9.17) is 9.47 Å². The number of hydrogen-bond donors (Lipinski definition) is 0. The molecule has 0 N–H and O–H groups in total. The normalized spacial score (nSPS) is 18.5. The second kappa shape index (κ2) is 7.81. The molecule has 1 aliphatic carbocycles. The summed E-state index contributed by atoms with van der Waals surface area (Å²) >= 11 is 0. The second-order valence-electron chi connectivity index (χ2n) is 7.23. The Morgan fingerprint density at radius 2 is 2.04 bits per heavy atom. The number of sulfonamides is 1. The minimum atomic E-state index is -3.58. The molecule has 1 saturated heterocycles. The van der Waals surface area contributed by atoms with Crippen molar-refractivity contribution in [2.45, 2.75) is 44.2 Å². The zero-order valence-corrected chi connectivity index (χ0v) is 16.8. The fourth-order valence-electron chi connectivity index (χ4n) is 3.41. The SMILES string of the molecule is CCCn1c(COC(=O)C2CC2)nc2cc(S(=O)(=O)N3CCOCC3)ccc21. The molecule has 1 aromatic carbocycles. The first-order chi connectivity index (χ1) is 13.5. The third-order valence-electron chi connectivity index (χ3n) is 5.11. The lowest BCUT2D eigenvalue weighted by molar-refractivity contribution is -0.146. The summed E-state index contributed by atoms with van der Waals surface area (Å²) in [5.41, 5.74) is 1.44. The summed E-state index contributed by atoms with van der Waals surface area (Å²) in [4.78, 5) is 16.7. The molecule has 0 radical (unpaired) electrons. The second-order valence-corrected chi connectivity index (χ2v) is 9.17. The minimum Gasteiger partial charge on any atom is -0.457 e. The minimum absolute atomic E-state index is 0.0364. The largest absolute Gasteiger partial charge is 0.457 e. The summed E-state index contributed by atoms with van der Waals surface area (Å²) in [6.07, 6.45) is 2.68. The van der Waals surface area contributed by atoms with Gasteiger partial charge in [0.15, 0.2) is 0 Å². The molecule has 8 nitrogen and oxygen atoms in total. The summed E-state index contributed by atoms with van der Waals surface area (Å²) < 4.78 is 39.9. The van der Waals surface area contributed by atoms with Crippen molar-refractivity contribution in [3.05, 3.63) is 24.0 Å². The number of rotatable bonds is 7. The fourth-order valence-corrected chi connectivity index (χ4v) is 4.84. The molecule has 0 unspecified atom stereocenters. The molecule has 1 aliphatic heterocycles. The van der Waals surface area contributed by atoms with E-state index in [-0.39, 0.29) is 23.4 Å². The third-order valence-corrected chi connectivity index (χ3v) is 7.00. The molecule has 0 bridgehead atoms. The van der Waals surface area contributed by atoms with Crippen LogP contribution in [0.5, 0.6) is 0 Å². The molecule has 2 aromatic rings. The van der Waals surface area contributed by atoms with Crippen molar-refractivity contribution in [2.24, 2.45) is 5.92 Å². The van der Waals surface area contributed by atoms with Gasteiger partial charge in [-0.05, 0) is 37.5 Å². The Labute approximate surface area is 164 Å². The molecule has 0 amide bonds. The van der Waals surface area contributed by atoms with Crippen molar-refractivity contribution in [1.29, 1.82) is 0 Å². The van der Waals surface area contributed by atoms with Gasteiger partial charge in [-0.15, -0.1) is 0 Å². The maximum absolute atomic E-state index is 12.9. The highest BCUT2D eigenvalue weighted by molar-refractivity contribution is 7.89. The van der Waals surface area contributed by atoms with Gasteiger partial charge in [-0.1, -0.05) is 6.92 Å². The van der Waals surface area contributed by atoms with Crippen LogP contribution in [0.4, 0.5) is 0 Å². The maximum Gasteiger partial charge on any atom is 0.309 e. The van der Waals surface area contributed by atoms with Crippen LogP contribution in [-0.4, -0.2) is 54.5 Å². The van der Waals surface area contributed by atoms with Crippen LogP contribution in [0.15, 0.2) is 23.1 Å². The number of nitrogens with zero attached hydrogens (tertiary/aromatic N) is 3. The zero-order chi connectivity index (χ0) is 19.7. The van der Waals surface area contributed by atoms with E-state index < -0.39 is 10.0 Å². The summed E-state index contributed by atoms with van der Waals surface area (Å²) in [5, 5.41) is 0. The molecule has 0 spiro atoms. The van der Waals surface area contributed by atoms with Gasteiger partial charge >= 0.3 is 5.97 Å². The molecule has 152 valence electrons. The average molecular weight is 407 g/mol. The first-order valence-corrected chi connectivity index (χ1v) is 11.2. The van der Waals surface area contributed by atoms with E-state index in [1.54, 1.807) is 18.2 Å². The highest BCUT2D eigenvalue weighted by Gasteiger charge is 2.31. The smallest absolute Gasteiger partial charge is 0.309 e. The fraction of sp³-hybridized carbons (Fsp3) is 0.579. The Morgan fingerprint density at radius 3 is 2.71 bits per heavy atom. The molecule has 9 heteroatoms. The van der Waals surface area contributed by atoms with Crippen LogP contribution in [0.2, 0.25) is 0 Å². The summed E-state index contributed by atoms with van der Waals surface area (Å²) in [6.45, 7) is 4.41. The van der Waals surface area contributed by atoms with Crippen LogP contribution >= 0.6 is 0 Å². The van der Waals surface area contributed by atoms with Crippen molar-refractivity contribution >= 4 is 27.0 Å². The number of fused-ring (bicyclic) bond motifs is 1. The summed E-state index contributed by atoms with van der Waals surface area (Å²) in [5.74, 6) is 0.506. The predicted molar refractivity (Wildman–Crippen MR) is 102 cm³/mol. The lowest BCUT2D eigenvalue weighted by atomic mass is 10.3. The van der Waals surface area contributed by atoms with Crippen molar-refractivity contribution in [3.63, 3.8) is 0 Å². The van der Waals surface area contributed by atoms with Crippen molar-refractivity contribution in [3.8, 4) is 0 Å². The number of aryl methyl sites for hydroxylation is 1. The van der Waals surface area contributed by atoms with Gasteiger partial charge in [-0.25, -0.2) is 13.4 Å². The summed E-state index contributed by atoms with van der Waals surface area (Å²) in [7, 11) is -3.58. The van der Waals surface area contributed by atoms with E-state index >= 15 is 0 Å². The lowest BCUT2D eigenvalue weighted by Crippen LogP contribution is -2.40. The van der Waals surface area contributed by atoms with E-state index in [9.17, 15) is 13.2 Å². The maximum atomic E-state index is 12.9. The molecular formula is C19H25N3O5S. The van der Waals surface area contributed by atoms with Gasteiger partial charge in [0, 0.05) is 19.6 Å². The number of esters is 1. The predicted octanol–water partition coefficient (Wildman–Crippen LogP) is 1.92. The zero-order valence-electron chi connectivity index (χ0n) is 16.0. The average Bonchev–Trinajstić information content (AvgIpc) is 3.50. The van der Waals surface area contributed by atoms with Crippen LogP contribution in [0.25, 0.3) is 11.0 Å². The Balaban J connectivity index is 1.63. The number of imidazole rings is 1. The molecular weight excluding hydrogens is 382 g/mol. The monoisotopic (exact) mass is 407 g/mol. The molecule has 1 saturated carbocycles. The molecule has 2 fully saturated rings. The third kappa shape index (κ3) is 3.78. The number of aromatic nitrogens is 2. The van der Waals surface area contributed by atoms with E-state index in [1.807, 2.05) is 4.57 Å². The number of morpholine rings is 1. The van der Waals surface area contributed by atoms with Gasteiger partial charge in [0.25, 0.3) is 0 Å². The highest BCUT2D eigenvalue weighted by atomic mass is 32.2. The lowest BCUT2D eigenvalue weighted by Gasteiger charge is -2.26. The topological polar surface area (TPSA) is 90.7 Å². The molecule has 0 atom stereocenters. The van der Waals surface area contributed by atoms with Gasteiger partial charge in [-0.2, -0.15) is 4.31 Å². The molecule has 28 heavy (non-hydrogen) atoms. The van der Waals surface area contributed by atoms with Gasteiger partial charge in [-0.3, -0.25) is 4.79 Å². The Bertz CT molecular complexity index is 975. The van der Waals surface area contributed by atoms with E-state index in [1.165, 1.54) is 4.31 Å². The number of carbonyl (C=O) groups is 1. The van der Waals surface area contributed by atoms with Crippen LogP contribution in [0.1, 0.15) is 32.0 Å². The van der Waals surface area contributed by atoms with Crippen LogP contribution in [0.3, 0.4) is 0 Å². The molecule has 2 heterocycles.